The Labute approximate surface area is 91.9 Å². The summed E-state index contributed by atoms with van der Waals surface area (Å²) in [6.45, 7) is 1.54. The Bertz CT molecular complexity index is 632. The van der Waals surface area contributed by atoms with Gasteiger partial charge in [-0.3, -0.25) is 9.36 Å². The van der Waals surface area contributed by atoms with Crippen molar-refractivity contribution in [1.29, 1.82) is 0 Å². The van der Waals surface area contributed by atoms with Crippen molar-refractivity contribution in [2.75, 3.05) is 0 Å². The van der Waals surface area contributed by atoms with Crippen molar-refractivity contribution in [3.05, 3.63) is 34.2 Å². The molecule has 0 aliphatic heterocycles. The number of aromatic nitrogens is 2. The van der Waals surface area contributed by atoms with Gasteiger partial charge in [-0.25, -0.2) is 4.79 Å². The van der Waals surface area contributed by atoms with Crippen LogP contribution in [-0.4, -0.2) is 15.3 Å². The number of H-pyrrole nitrogens is 1. The maximum Gasteiger partial charge on any atom is 0.326 e. The molecule has 1 saturated carbocycles. The average Bonchev–Trinajstić information content (AvgIpc) is 3.00. The van der Waals surface area contributed by atoms with Crippen molar-refractivity contribution in [3.8, 4) is 0 Å². The molecule has 16 heavy (non-hydrogen) atoms. The Morgan fingerprint density at radius 2 is 2.19 bits per heavy atom. The predicted octanol–water partition coefficient (Wildman–Crippen LogP) is 1.87. The van der Waals surface area contributed by atoms with E-state index < -0.39 is 0 Å². The molecule has 1 aromatic heterocycles. The van der Waals surface area contributed by atoms with Crippen molar-refractivity contribution in [1.82, 2.24) is 9.55 Å². The molecule has 1 aliphatic rings. The zero-order valence-electron chi connectivity index (χ0n) is 8.99. The zero-order valence-corrected chi connectivity index (χ0v) is 8.99. The number of nitrogens with one attached hydrogen (secondary N) is 1. The molecule has 1 fully saturated rings. The zero-order chi connectivity index (χ0) is 11.3. The van der Waals surface area contributed by atoms with E-state index in [-0.39, 0.29) is 11.5 Å². The fourth-order valence-corrected chi connectivity index (χ4v) is 2.04. The first kappa shape index (κ1) is 9.39. The van der Waals surface area contributed by atoms with Crippen LogP contribution in [0.5, 0.6) is 0 Å². The second-order valence-electron chi connectivity index (χ2n) is 4.32. The van der Waals surface area contributed by atoms with Crippen molar-refractivity contribution >= 4 is 16.8 Å². The lowest BCUT2D eigenvalue weighted by Crippen LogP contribution is -2.15. The number of hydrogen-bond donors (Lipinski definition) is 1. The van der Waals surface area contributed by atoms with Crippen LogP contribution in [0.3, 0.4) is 0 Å². The first-order valence-electron chi connectivity index (χ1n) is 5.42. The molecule has 4 heteroatoms. The standard InChI is InChI=1S/C12H12N2O2/c1-7(15)8-2-5-10-11(6-8)14(9-3-4-9)12(16)13-10/h2,5-6,9H,3-4H2,1H3,(H,13,16). The van der Waals surface area contributed by atoms with E-state index in [0.717, 1.165) is 23.9 Å². The number of carbonyl (C=O) groups excluding carboxylic acids is 1. The van der Waals surface area contributed by atoms with E-state index in [4.69, 9.17) is 0 Å². The monoisotopic (exact) mass is 216 g/mol. The van der Waals surface area contributed by atoms with Crippen LogP contribution in [0.1, 0.15) is 36.2 Å². The molecular formula is C12H12N2O2. The number of nitrogens with zero attached hydrogens (tertiary/aromatic N) is 1. The summed E-state index contributed by atoms with van der Waals surface area (Å²) in [4.78, 5) is 25.8. The Balaban J connectivity index is 2.31. The lowest BCUT2D eigenvalue weighted by Gasteiger charge is -2.01. The third-order valence-corrected chi connectivity index (χ3v) is 3.04. The van der Waals surface area contributed by atoms with Crippen LogP contribution < -0.4 is 5.69 Å². The van der Waals surface area contributed by atoms with Crippen LogP contribution >= 0.6 is 0 Å². The van der Waals surface area contributed by atoms with Crippen LogP contribution in [-0.2, 0) is 0 Å². The number of hydrogen-bond acceptors (Lipinski definition) is 2. The summed E-state index contributed by atoms with van der Waals surface area (Å²) in [5.41, 5.74) is 2.24. The molecule has 0 saturated heterocycles. The van der Waals surface area contributed by atoms with Crippen LogP contribution in [0.4, 0.5) is 0 Å². The fourth-order valence-electron chi connectivity index (χ4n) is 2.04. The van der Waals surface area contributed by atoms with E-state index in [1.54, 1.807) is 22.8 Å². The average molecular weight is 216 g/mol. The minimum Gasteiger partial charge on any atom is -0.306 e. The van der Waals surface area contributed by atoms with Crippen molar-refractivity contribution < 1.29 is 4.79 Å². The minimum atomic E-state index is -0.0711. The van der Waals surface area contributed by atoms with Crippen LogP contribution in [0.15, 0.2) is 23.0 Å². The van der Waals surface area contributed by atoms with Gasteiger partial charge in [0.1, 0.15) is 0 Å². The highest BCUT2D eigenvalue weighted by Gasteiger charge is 2.27. The van der Waals surface area contributed by atoms with Gasteiger partial charge in [-0.05, 0) is 38.0 Å². The molecule has 82 valence electrons. The molecule has 4 nitrogen and oxygen atoms in total. The molecule has 0 amide bonds. The topological polar surface area (TPSA) is 54.9 Å². The van der Waals surface area contributed by atoms with Gasteiger partial charge in [-0.15, -0.1) is 0 Å². The van der Waals surface area contributed by atoms with Crippen LogP contribution in [0.2, 0.25) is 0 Å². The van der Waals surface area contributed by atoms with Gasteiger partial charge in [-0.1, -0.05) is 0 Å². The molecule has 0 radical (unpaired) electrons. The number of imidazole rings is 1. The van der Waals surface area contributed by atoms with E-state index in [1.807, 2.05) is 0 Å². The maximum absolute atomic E-state index is 11.7. The lowest BCUT2D eigenvalue weighted by atomic mass is 10.1. The molecule has 0 atom stereocenters. The molecule has 1 N–H and O–H groups in total. The highest BCUT2D eigenvalue weighted by molar-refractivity contribution is 5.97. The summed E-state index contributed by atoms with van der Waals surface area (Å²) in [5.74, 6) is 0.0258. The summed E-state index contributed by atoms with van der Waals surface area (Å²) in [7, 11) is 0. The molecule has 1 aromatic carbocycles. The second kappa shape index (κ2) is 3.07. The molecule has 1 aliphatic carbocycles. The Hall–Kier alpha value is -1.84. The minimum absolute atomic E-state index is 0.0258. The van der Waals surface area contributed by atoms with E-state index in [9.17, 15) is 9.59 Å². The third-order valence-electron chi connectivity index (χ3n) is 3.04. The van der Waals surface area contributed by atoms with Crippen molar-refractivity contribution in [2.45, 2.75) is 25.8 Å². The number of benzene rings is 1. The second-order valence-corrected chi connectivity index (χ2v) is 4.32. The normalized spacial score (nSPS) is 15.6. The summed E-state index contributed by atoms with van der Waals surface area (Å²) in [6, 6.07) is 5.67. The van der Waals surface area contributed by atoms with Crippen LogP contribution in [0.25, 0.3) is 11.0 Å². The summed E-state index contributed by atoms with van der Waals surface area (Å²) in [5, 5.41) is 0. The third kappa shape index (κ3) is 1.30. The Morgan fingerprint density at radius 1 is 1.44 bits per heavy atom. The van der Waals surface area contributed by atoms with E-state index in [2.05, 4.69) is 4.98 Å². The van der Waals surface area contributed by atoms with Gasteiger partial charge >= 0.3 is 5.69 Å². The Morgan fingerprint density at radius 3 is 2.81 bits per heavy atom. The van der Waals surface area contributed by atoms with E-state index in [1.165, 1.54) is 6.92 Å². The van der Waals surface area contributed by atoms with E-state index in [0.29, 0.717) is 11.6 Å². The molecular weight excluding hydrogens is 204 g/mol. The number of carbonyl (C=O) groups is 1. The van der Waals surface area contributed by atoms with Gasteiger partial charge in [0.2, 0.25) is 0 Å². The predicted molar refractivity (Wildman–Crippen MR) is 60.8 cm³/mol. The number of fused-ring (bicyclic) bond motifs is 1. The highest BCUT2D eigenvalue weighted by Crippen LogP contribution is 2.35. The van der Waals surface area contributed by atoms with Crippen molar-refractivity contribution in [3.63, 3.8) is 0 Å². The van der Waals surface area contributed by atoms with Crippen molar-refractivity contribution in [2.24, 2.45) is 0 Å². The van der Waals surface area contributed by atoms with E-state index >= 15 is 0 Å². The Kier molecular flexibility index (Phi) is 1.80. The SMILES string of the molecule is CC(=O)c1ccc2[nH]c(=O)n(C3CC3)c2c1. The summed E-state index contributed by atoms with van der Waals surface area (Å²) in [6.07, 6.45) is 2.11. The van der Waals surface area contributed by atoms with Gasteiger partial charge in [0.05, 0.1) is 11.0 Å². The quantitative estimate of drug-likeness (QED) is 0.779. The van der Waals surface area contributed by atoms with Gasteiger partial charge in [0, 0.05) is 11.6 Å². The molecule has 0 unspecified atom stereocenters. The van der Waals surface area contributed by atoms with Gasteiger partial charge in [0.25, 0.3) is 0 Å². The molecule has 0 bridgehead atoms. The summed E-state index contributed by atoms with van der Waals surface area (Å²) < 4.78 is 1.77. The van der Waals surface area contributed by atoms with Crippen LogP contribution in [0, 0.1) is 0 Å². The lowest BCUT2D eigenvalue weighted by molar-refractivity contribution is 0.101. The maximum atomic E-state index is 11.7. The fraction of sp³-hybridized carbons (Fsp3) is 0.333. The molecule has 2 aromatic rings. The summed E-state index contributed by atoms with van der Waals surface area (Å²) >= 11 is 0. The van der Waals surface area contributed by atoms with Gasteiger partial charge in [0.15, 0.2) is 5.78 Å². The number of aromatic amines is 1. The molecule has 0 spiro atoms. The highest BCUT2D eigenvalue weighted by atomic mass is 16.1. The first-order valence-corrected chi connectivity index (χ1v) is 5.42. The van der Waals surface area contributed by atoms with Gasteiger partial charge < -0.3 is 4.98 Å². The first-order chi connectivity index (χ1) is 7.66. The number of Topliss-reactive ketones (excluding diaryl/α,β-unsaturated/α-hetero) is 1. The number of rotatable bonds is 2. The number of ketones is 1. The molecule has 3 rings (SSSR count). The smallest absolute Gasteiger partial charge is 0.306 e. The largest absolute Gasteiger partial charge is 0.326 e. The molecule has 1 heterocycles. The van der Waals surface area contributed by atoms with Gasteiger partial charge in [-0.2, -0.15) is 0 Å².